The number of ether oxygens (including phenoxy) is 2. The molecule has 1 unspecified atom stereocenters. The Labute approximate surface area is 263 Å². The Morgan fingerprint density at radius 3 is 2.67 bits per heavy atom. The standard InChI is InChI=1S/C29H27ClF3N9O4/c1-39(26(43)15-5-6-15)22-13-42-19(9-34-22)20(11-36-42)46-21-10-35-25-24(23(21)30)40(2)28(38-25)37-18-8-16(29(31,32)33)12-41(27(18)44)17-4-3-7-45-14-17/h8-13,15,17H,3-7,14H2,1-2H3,(H,35,37,38). The molecule has 0 radical (unpaired) electrons. The average Bonchev–Trinajstić information content (AvgIpc) is 3.74. The molecule has 6 heterocycles. The van der Waals surface area contributed by atoms with E-state index in [9.17, 15) is 22.8 Å². The molecule has 0 aromatic carbocycles. The zero-order valence-corrected chi connectivity index (χ0v) is 25.3. The van der Waals surface area contributed by atoms with Gasteiger partial charge in [0.1, 0.15) is 21.7 Å². The maximum atomic E-state index is 13.8. The summed E-state index contributed by atoms with van der Waals surface area (Å²) in [5.74, 6) is 0.991. The van der Waals surface area contributed by atoms with Crippen molar-refractivity contribution < 1.29 is 27.4 Å². The number of carbonyl (C=O) groups is 1. The summed E-state index contributed by atoms with van der Waals surface area (Å²) in [6, 6.07) is 0.226. The molecule has 0 spiro atoms. The first kappa shape index (κ1) is 30.0. The monoisotopic (exact) mass is 657 g/mol. The third kappa shape index (κ3) is 5.40. The number of amides is 1. The van der Waals surface area contributed by atoms with Gasteiger partial charge >= 0.3 is 6.18 Å². The Hall–Kier alpha value is -4.70. The fourth-order valence-corrected chi connectivity index (χ4v) is 5.71. The van der Waals surface area contributed by atoms with Crippen LogP contribution >= 0.6 is 11.6 Å². The quantitative estimate of drug-likeness (QED) is 0.254. The Morgan fingerprint density at radius 1 is 1.15 bits per heavy atom. The topological polar surface area (TPSA) is 134 Å². The summed E-state index contributed by atoms with van der Waals surface area (Å²) in [4.78, 5) is 40.4. The van der Waals surface area contributed by atoms with Crippen molar-refractivity contribution in [3.05, 3.63) is 58.0 Å². The lowest BCUT2D eigenvalue weighted by atomic mass is 10.1. The van der Waals surface area contributed by atoms with Crippen LogP contribution in [-0.4, -0.2) is 59.9 Å². The van der Waals surface area contributed by atoms with E-state index in [2.05, 4.69) is 25.4 Å². The summed E-state index contributed by atoms with van der Waals surface area (Å²) in [5, 5.41) is 7.19. The minimum absolute atomic E-state index is 0.00391. The van der Waals surface area contributed by atoms with Crippen LogP contribution in [0, 0.1) is 5.92 Å². The van der Waals surface area contributed by atoms with Crippen LogP contribution in [0.2, 0.25) is 5.02 Å². The van der Waals surface area contributed by atoms with E-state index in [4.69, 9.17) is 21.1 Å². The van der Waals surface area contributed by atoms with Crippen LogP contribution < -0.4 is 20.5 Å². The number of carbonyl (C=O) groups excluding carboxylic acids is 1. The normalized spacial score (nSPS) is 17.0. The Kier molecular flexibility index (Phi) is 7.35. The van der Waals surface area contributed by atoms with Crippen LogP contribution in [0.5, 0.6) is 11.5 Å². The average molecular weight is 658 g/mol. The van der Waals surface area contributed by atoms with Crippen molar-refractivity contribution in [2.75, 3.05) is 30.5 Å². The van der Waals surface area contributed by atoms with Gasteiger partial charge in [0.2, 0.25) is 11.9 Å². The van der Waals surface area contributed by atoms with Gasteiger partial charge in [0.25, 0.3) is 5.56 Å². The minimum atomic E-state index is -4.69. The SMILES string of the molecule is CN(C(=O)C1CC1)c1cn2ncc(Oc3cnc4nc(Nc5cc(C(F)(F)F)cn(C6CCCOC6)c5=O)n(C)c4c3Cl)c2cn1. The minimum Gasteiger partial charge on any atom is -0.450 e. The fourth-order valence-electron chi connectivity index (χ4n) is 5.42. The van der Waals surface area contributed by atoms with Gasteiger partial charge in [-0.15, -0.1) is 0 Å². The second-order valence-electron chi connectivity index (χ2n) is 11.3. The van der Waals surface area contributed by atoms with Gasteiger partial charge in [-0.25, -0.2) is 14.5 Å². The van der Waals surface area contributed by atoms with Crippen molar-refractivity contribution in [3.63, 3.8) is 0 Å². The maximum absolute atomic E-state index is 13.8. The molecule has 1 N–H and O–H groups in total. The van der Waals surface area contributed by atoms with E-state index in [-0.39, 0.29) is 46.5 Å². The molecule has 2 aliphatic rings. The largest absolute Gasteiger partial charge is 0.450 e. The predicted molar refractivity (Wildman–Crippen MR) is 161 cm³/mol. The smallest absolute Gasteiger partial charge is 0.417 e. The van der Waals surface area contributed by atoms with Crippen LogP contribution in [0.1, 0.15) is 37.3 Å². The number of halogens is 4. The summed E-state index contributed by atoms with van der Waals surface area (Å²) < 4.78 is 57.1. The highest BCUT2D eigenvalue weighted by Gasteiger charge is 2.34. The van der Waals surface area contributed by atoms with Crippen molar-refractivity contribution in [3.8, 4) is 11.5 Å². The van der Waals surface area contributed by atoms with E-state index in [1.165, 1.54) is 32.6 Å². The summed E-state index contributed by atoms with van der Waals surface area (Å²) in [6.07, 6.45) is 4.99. The maximum Gasteiger partial charge on any atom is 0.417 e. The molecule has 0 bridgehead atoms. The van der Waals surface area contributed by atoms with E-state index < -0.39 is 23.3 Å². The number of anilines is 3. The number of hydrogen-bond donors (Lipinski definition) is 1. The number of aromatic nitrogens is 7. The van der Waals surface area contributed by atoms with Gasteiger partial charge in [-0.3, -0.25) is 14.5 Å². The highest BCUT2D eigenvalue weighted by Crippen LogP contribution is 2.38. The first-order valence-electron chi connectivity index (χ1n) is 14.5. The van der Waals surface area contributed by atoms with Crippen molar-refractivity contribution >= 4 is 51.6 Å². The molecule has 1 saturated heterocycles. The molecule has 1 aliphatic carbocycles. The van der Waals surface area contributed by atoms with Crippen molar-refractivity contribution in [2.45, 2.75) is 37.9 Å². The summed E-state index contributed by atoms with van der Waals surface area (Å²) >= 11 is 6.74. The molecule has 240 valence electrons. The van der Waals surface area contributed by atoms with Gasteiger partial charge in [0.15, 0.2) is 23.0 Å². The number of pyridine rings is 2. The van der Waals surface area contributed by atoms with Crippen LogP contribution in [0.3, 0.4) is 0 Å². The van der Waals surface area contributed by atoms with E-state index in [0.29, 0.717) is 42.0 Å². The molecule has 1 amide bonds. The lowest BCUT2D eigenvalue weighted by Gasteiger charge is -2.25. The number of imidazole rings is 1. The number of rotatable bonds is 7. The molecule has 13 nitrogen and oxygen atoms in total. The molecule has 5 aromatic heterocycles. The molecular weight excluding hydrogens is 631 g/mol. The molecule has 1 aliphatic heterocycles. The summed E-state index contributed by atoms with van der Waals surface area (Å²) in [6.45, 7) is 0.625. The zero-order chi connectivity index (χ0) is 32.3. The van der Waals surface area contributed by atoms with Gasteiger partial charge < -0.3 is 23.9 Å². The fraction of sp³-hybridized carbons (Fsp3) is 0.379. The molecule has 2 fully saturated rings. The Balaban J connectivity index is 1.19. The van der Waals surface area contributed by atoms with Crippen molar-refractivity contribution in [1.82, 2.24) is 33.7 Å². The molecule has 17 heteroatoms. The third-order valence-electron chi connectivity index (χ3n) is 8.13. The van der Waals surface area contributed by atoms with Gasteiger partial charge in [0, 0.05) is 32.8 Å². The number of hydrogen-bond acceptors (Lipinski definition) is 9. The van der Waals surface area contributed by atoms with Gasteiger partial charge in [-0.1, -0.05) is 11.6 Å². The third-order valence-corrected chi connectivity index (χ3v) is 8.49. The van der Waals surface area contributed by atoms with E-state index in [1.54, 1.807) is 20.3 Å². The molecule has 1 saturated carbocycles. The Bertz CT molecular complexity index is 2050. The molecular formula is C29H27ClF3N9O4. The second-order valence-corrected chi connectivity index (χ2v) is 11.7. The van der Waals surface area contributed by atoms with Crippen LogP contribution in [0.4, 0.5) is 30.6 Å². The van der Waals surface area contributed by atoms with Crippen molar-refractivity contribution in [1.29, 1.82) is 0 Å². The molecule has 1 atom stereocenters. The van der Waals surface area contributed by atoms with Crippen molar-refractivity contribution in [2.24, 2.45) is 13.0 Å². The van der Waals surface area contributed by atoms with Crippen LogP contribution in [-0.2, 0) is 22.8 Å². The molecule has 7 rings (SSSR count). The van der Waals surface area contributed by atoms with E-state index in [1.807, 2.05) is 0 Å². The van der Waals surface area contributed by atoms with Crippen LogP contribution in [0.15, 0.2) is 41.8 Å². The molecule has 46 heavy (non-hydrogen) atoms. The number of nitrogens with zero attached hydrogens (tertiary/aromatic N) is 8. The van der Waals surface area contributed by atoms with Gasteiger partial charge in [-0.2, -0.15) is 23.3 Å². The van der Waals surface area contributed by atoms with Crippen LogP contribution in [0.25, 0.3) is 16.7 Å². The number of fused-ring (bicyclic) bond motifs is 2. The highest BCUT2D eigenvalue weighted by atomic mass is 35.5. The number of aryl methyl sites for hydroxylation is 1. The lowest BCUT2D eigenvalue weighted by Crippen LogP contribution is -2.32. The summed E-state index contributed by atoms with van der Waals surface area (Å²) in [5.41, 5.74) is -0.956. The zero-order valence-electron chi connectivity index (χ0n) is 24.6. The number of nitrogens with one attached hydrogen (secondary N) is 1. The van der Waals surface area contributed by atoms with E-state index in [0.717, 1.165) is 29.7 Å². The first-order valence-corrected chi connectivity index (χ1v) is 14.8. The first-order chi connectivity index (χ1) is 22.0. The second kappa shape index (κ2) is 11.3. The van der Waals surface area contributed by atoms with E-state index >= 15 is 0 Å². The molecule has 5 aromatic rings. The van der Waals surface area contributed by atoms with Gasteiger partial charge in [0.05, 0.1) is 43.0 Å². The highest BCUT2D eigenvalue weighted by molar-refractivity contribution is 6.36. The van der Waals surface area contributed by atoms with Gasteiger partial charge in [-0.05, 0) is 31.7 Å². The Morgan fingerprint density at radius 2 is 1.96 bits per heavy atom. The predicted octanol–water partition coefficient (Wildman–Crippen LogP) is 5.11. The summed E-state index contributed by atoms with van der Waals surface area (Å²) in [7, 11) is 3.25. The number of alkyl halides is 3. The lowest BCUT2D eigenvalue weighted by molar-refractivity contribution is -0.138.